The van der Waals surface area contributed by atoms with Gasteiger partial charge in [0.1, 0.15) is 49.8 Å². The molecule has 0 aliphatic heterocycles. The van der Waals surface area contributed by atoms with Gasteiger partial charge in [-0.1, -0.05) is 59.3 Å². The van der Waals surface area contributed by atoms with Crippen LogP contribution in [0.4, 0.5) is 0 Å². The Morgan fingerprint density at radius 1 is 0.500 bits per heavy atom. The smallest absolute Gasteiger partial charge is 0.313 e. The number of rotatable bonds is 23. The van der Waals surface area contributed by atoms with Gasteiger partial charge >= 0.3 is 17.9 Å². The van der Waals surface area contributed by atoms with E-state index >= 15 is 0 Å². The summed E-state index contributed by atoms with van der Waals surface area (Å²) in [7, 11) is 0. The lowest BCUT2D eigenvalue weighted by molar-refractivity contribution is -0.168. The summed E-state index contributed by atoms with van der Waals surface area (Å²) in [5.74, 6) is -3.12. The van der Waals surface area contributed by atoms with Crippen molar-refractivity contribution < 1.29 is 43.0 Å². The first-order valence-electron chi connectivity index (χ1n) is 13.3. The van der Waals surface area contributed by atoms with Crippen LogP contribution in [0, 0.1) is 0 Å². The number of carbonyl (C=O) groups excluding carboxylic acids is 6. The van der Waals surface area contributed by atoms with E-state index in [9.17, 15) is 28.8 Å². The number of hydrogen-bond acceptors (Lipinski definition) is 9. The van der Waals surface area contributed by atoms with Crippen LogP contribution in [-0.4, -0.2) is 54.6 Å². The van der Waals surface area contributed by atoms with Gasteiger partial charge in [-0.2, -0.15) is 0 Å². The normalized spacial score (nSPS) is 10.7. The highest BCUT2D eigenvalue weighted by Crippen LogP contribution is 2.08. The Morgan fingerprint density at radius 3 is 1.17 bits per heavy atom. The highest BCUT2D eigenvalue weighted by Gasteiger charge is 2.22. The minimum Gasteiger partial charge on any atom is -0.461 e. The lowest BCUT2D eigenvalue weighted by Gasteiger charge is -2.18. The zero-order chi connectivity index (χ0) is 27.2. The summed E-state index contributed by atoms with van der Waals surface area (Å²) in [6.45, 7) is 5.15. The maximum Gasteiger partial charge on any atom is 0.313 e. The third-order valence-electron chi connectivity index (χ3n) is 5.36. The summed E-state index contributed by atoms with van der Waals surface area (Å²) < 4.78 is 15.3. The van der Waals surface area contributed by atoms with Crippen molar-refractivity contribution in [2.24, 2.45) is 0 Å². The largest absolute Gasteiger partial charge is 0.461 e. The van der Waals surface area contributed by atoms with Crippen molar-refractivity contribution >= 4 is 35.3 Å². The van der Waals surface area contributed by atoms with E-state index in [2.05, 4.69) is 0 Å². The molecule has 9 nitrogen and oxygen atoms in total. The molecule has 9 heteroatoms. The van der Waals surface area contributed by atoms with Gasteiger partial charge in [0.05, 0.1) is 0 Å². The fourth-order valence-corrected chi connectivity index (χ4v) is 3.28. The fourth-order valence-electron chi connectivity index (χ4n) is 3.28. The van der Waals surface area contributed by atoms with Gasteiger partial charge in [-0.25, -0.2) is 0 Å². The second-order valence-corrected chi connectivity index (χ2v) is 9.00. The summed E-state index contributed by atoms with van der Waals surface area (Å²) in [5.41, 5.74) is 0. The molecule has 0 aromatic carbocycles. The number of ether oxygens (including phenoxy) is 3. The average Bonchev–Trinajstić information content (AvgIpc) is 2.81. The van der Waals surface area contributed by atoms with Gasteiger partial charge in [-0.3, -0.25) is 28.8 Å². The van der Waals surface area contributed by atoms with Crippen LogP contribution in [0.25, 0.3) is 0 Å². The Kier molecular flexibility index (Phi) is 20.1. The van der Waals surface area contributed by atoms with Crippen LogP contribution in [0.3, 0.4) is 0 Å². The molecule has 0 aromatic heterocycles. The zero-order valence-electron chi connectivity index (χ0n) is 22.3. The molecule has 206 valence electrons. The van der Waals surface area contributed by atoms with Crippen molar-refractivity contribution in [1.82, 2.24) is 0 Å². The van der Waals surface area contributed by atoms with E-state index < -0.39 is 56.5 Å². The molecule has 0 radical (unpaired) electrons. The monoisotopic (exact) mass is 512 g/mol. The standard InChI is InChI=1S/C27H44O9/c1-4-7-10-13-21(28)16-25(31)34-19-24(36-27(33)18-23(30)15-12-9-6-3)20-35-26(32)17-22(29)14-11-8-5-2/h24H,4-20H2,1-3H3. The van der Waals surface area contributed by atoms with Crippen LogP contribution in [0.1, 0.15) is 117 Å². The number of esters is 3. The number of unbranched alkanes of at least 4 members (excludes halogenated alkanes) is 6. The highest BCUT2D eigenvalue weighted by molar-refractivity contribution is 5.96. The molecular formula is C27H44O9. The summed E-state index contributed by atoms with van der Waals surface area (Å²) >= 11 is 0. The summed E-state index contributed by atoms with van der Waals surface area (Å²) in [6, 6.07) is 0. The number of Topliss-reactive ketones (excluding diaryl/α,β-unsaturated/α-hetero) is 3. The average molecular weight is 513 g/mol. The van der Waals surface area contributed by atoms with E-state index in [4.69, 9.17) is 14.2 Å². The molecular weight excluding hydrogens is 468 g/mol. The minimum absolute atomic E-state index is 0.243. The van der Waals surface area contributed by atoms with Crippen LogP contribution in [0.2, 0.25) is 0 Å². The van der Waals surface area contributed by atoms with Crippen LogP contribution in [0.5, 0.6) is 0 Å². The van der Waals surface area contributed by atoms with E-state index in [1.807, 2.05) is 20.8 Å². The van der Waals surface area contributed by atoms with Gasteiger partial charge < -0.3 is 14.2 Å². The highest BCUT2D eigenvalue weighted by atomic mass is 16.6. The molecule has 0 unspecified atom stereocenters. The SMILES string of the molecule is CCCCCC(=O)CC(=O)OCC(COC(=O)CC(=O)CCCCC)OC(=O)CC(=O)CCCCC. The molecule has 0 atom stereocenters. The molecule has 0 fully saturated rings. The summed E-state index contributed by atoms with van der Waals surface area (Å²) in [6.07, 6.45) is 6.03. The lowest BCUT2D eigenvalue weighted by atomic mass is 10.1. The van der Waals surface area contributed by atoms with Crippen molar-refractivity contribution in [2.45, 2.75) is 123 Å². The summed E-state index contributed by atoms with van der Waals surface area (Å²) in [5, 5.41) is 0. The first-order chi connectivity index (χ1) is 17.2. The Hall–Kier alpha value is -2.58. The second kappa shape index (κ2) is 21.7. The van der Waals surface area contributed by atoms with Gasteiger partial charge in [-0.15, -0.1) is 0 Å². The molecule has 0 N–H and O–H groups in total. The van der Waals surface area contributed by atoms with E-state index in [-0.39, 0.29) is 36.6 Å². The molecule has 0 bridgehead atoms. The Morgan fingerprint density at radius 2 is 0.833 bits per heavy atom. The first kappa shape index (κ1) is 33.4. The molecule has 0 spiro atoms. The topological polar surface area (TPSA) is 130 Å². The Balaban J connectivity index is 4.77. The molecule has 0 heterocycles. The predicted octanol–water partition coefficient (Wildman–Crippen LogP) is 4.60. The van der Waals surface area contributed by atoms with Gasteiger partial charge in [0.2, 0.25) is 0 Å². The Bertz CT molecular complexity index is 659. The fraction of sp³-hybridized carbons (Fsp3) is 0.778. The van der Waals surface area contributed by atoms with Crippen molar-refractivity contribution in [3.05, 3.63) is 0 Å². The molecule has 0 saturated carbocycles. The zero-order valence-corrected chi connectivity index (χ0v) is 22.3. The molecule has 0 aromatic rings. The second-order valence-electron chi connectivity index (χ2n) is 9.00. The van der Waals surface area contributed by atoms with Gasteiger partial charge in [0.15, 0.2) is 6.10 Å². The predicted molar refractivity (Wildman–Crippen MR) is 133 cm³/mol. The molecule has 0 amide bonds. The van der Waals surface area contributed by atoms with Crippen LogP contribution in [0.15, 0.2) is 0 Å². The van der Waals surface area contributed by atoms with E-state index in [0.717, 1.165) is 38.5 Å². The van der Waals surface area contributed by atoms with Crippen molar-refractivity contribution in [3.63, 3.8) is 0 Å². The van der Waals surface area contributed by atoms with Crippen molar-refractivity contribution in [2.75, 3.05) is 13.2 Å². The van der Waals surface area contributed by atoms with Crippen LogP contribution in [-0.2, 0) is 43.0 Å². The maximum absolute atomic E-state index is 12.2. The third-order valence-corrected chi connectivity index (χ3v) is 5.36. The van der Waals surface area contributed by atoms with Gasteiger partial charge in [0.25, 0.3) is 0 Å². The van der Waals surface area contributed by atoms with Crippen LogP contribution >= 0.6 is 0 Å². The molecule has 0 aliphatic carbocycles. The molecule has 0 aliphatic rings. The maximum atomic E-state index is 12.2. The Labute approximate surface area is 215 Å². The number of ketones is 3. The van der Waals surface area contributed by atoms with Gasteiger partial charge in [0, 0.05) is 19.3 Å². The van der Waals surface area contributed by atoms with E-state index in [0.29, 0.717) is 19.3 Å². The lowest BCUT2D eigenvalue weighted by Crippen LogP contribution is -2.32. The summed E-state index contributed by atoms with van der Waals surface area (Å²) in [4.78, 5) is 71.9. The van der Waals surface area contributed by atoms with Crippen molar-refractivity contribution in [3.8, 4) is 0 Å². The molecule has 0 rings (SSSR count). The molecule has 0 saturated heterocycles. The molecule has 36 heavy (non-hydrogen) atoms. The van der Waals surface area contributed by atoms with Gasteiger partial charge in [-0.05, 0) is 19.3 Å². The van der Waals surface area contributed by atoms with Crippen LogP contribution < -0.4 is 0 Å². The minimum atomic E-state index is -1.15. The van der Waals surface area contributed by atoms with E-state index in [1.165, 1.54) is 0 Å². The van der Waals surface area contributed by atoms with E-state index in [1.54, 1.807) is 0 Å². The third kappa shape index (κ3) is 19.7. The first-order valence-corrected chi connectivity index (χ1v) is 13.3. The quantitative estimate of drug-likeness (QED) is 0.0834. The number of hydrogen-bond donors (Lipinski definition) is 0. The number of carbonyl (C=O) groups is 6. The van der Waals surface area contributed by atoms with Crippen molar-refractivity contribution in [1.29, 1.82) is 0 Å².